The molecule has 0 aromatic carbocycles. The molecule has 0 aliphatic carbocycles. The van der Waals surface area contributed by atoms with Crippen molar-refractivity contribution in [2.45, 2.75) is 31.9 Å². The van der Waals surface area contributed by atoms with Gasteiger partial charge in [0.15, 0.2) is 0 Å². The molecule has 2 N–H and O–H groups in total. The molecule has 2 atom stereocenters. The fourth-order valence-electron chi connectivity index (χ4n) is 1.25. The standard InChI is InChI=1S/C8H11BrN2O4/c1-4(12)10-6(8(13)14)2-5-3-7(9)11-15-5/h5-6H,2-3H2,1H3,(H,10,12)(H,13,14)/t5-,6-/m1/s1. The molecule has 6 nitrogen and oxygen atoms in total. The smallest absolute Gasteiger partial charge is 0.326 e. The summed E-state index contributed by atoms with van der Waals surface area (Å²) < 4.78 is 0.652. The topological polar surface area (TPSA) is 88.0 Å². The Bertz CT molecular complexity index is 305. The summed E-state index contributed by atoms with van der Waals surface area (Å²) in [6.45, 7) is 1.28. The molecule has 0 bridgehead atoms. The van der Waals surface area contributed by atoms with Crippen LogP contribution in [0.4, 0.5) is 0 Å². The van der Waals surface area contributed by atoms with Crippen LogP contribution in [0.25, 0.3) is 0 Å². The first-order valence-corrected chi connectivity index (χ1v) is 5.16. The first-order valence-electron chi connectivity index (χ1n) is 4.37. The molecule has 0 unspecified atom stereocenters. The highest BCUT2D eigenvalue weighted by Gasteiger charge is 2.28. The van der Waals surface area contributed by atoms with Crippen molar-refractivity contribution in [3.63, 3.8) is 0 Å². The molecule has 1 aliphatic rings. The minimum absolute atomic E-state index is 0.202. The van der Waals surface area contributed by atoms with E-state index in [4.69, 9.17) is 9.94 Å². The van der Waals surface area contributed by atoms with E-state index in [1.165, 1.54) is 6.92 Å². The van der Waals surface area contributed by atoms with Crippen LogP contribution in [0.2, 0.25) is 0 Å². The van der Waals surface area contributed by atoms with E-state index >= 15 is 0 Å². The summed E-state index contributed by atoms with van der Waals surface area (Å²) in [5.41, 5.74) is 0. The maximum atomic E-state index is 10.8. The van der Waals surface area contributed by atoms with Crippen molar-refractivity contribution in [1.82, 2.24) is 5.32 Å². The summed E-state index contributed by atoms with van der Waals surface area (Å²) in [5.74, 6) is -1.45. The summed E-state index contributed by atoms with van der Waals surface area (Å²) in [5, 5.41) is 14.8. The van der Waals surface area contributed by atoms with Gasteiger partial charge in [-0.1, -0.05) is 5.16 Å². The Kier molecular flexibility index (Phi) is 4.07. The van der Waals surface area contributed by atoms with E-state index in [1.54, 1.807) is 0 Å². The lowest BCUT2D eigenvalue weighted by Crippen LogP contribution is -2.41. The van der Waals surface area contributed by atoms with Crippen LogP contribution < -0.4 is 5.32 Å². The second kappa shape index (κ2) is 5.11. The number of nitrogens with one attached hydrogen (secondary N) is 1. The Morgan fingerprint density at radius 1 is 1.80 bits per heavy atom. The molecule has 1 amide bonds. The molecule has 1 rings (SSSR count). The second-order valence-electron chi connectivity index (χ2n) is 3.23. The summed E-state index contributed by atoms with van der Waals surface area (Å²) >= 11 is 3.15. The van der Waals surface area contributed by atoms with E-state index in [0.717, 1.165) is 0 Å². The Balaban J connectivity index is 2.45. The molecule has 0 radical (unpaired) electrons. The predicted octanol–water partition coefficient (Wildman–Crippen LogP) is 0.463. The summed E-state index contributed by atoms with van der Waals surface area (Å²) in [6.07, 6.45) is 0.434. The number of amides is 1. The van der Waals surface area contributed by atoms with E-state index in [1.807, 2.05) is 0 Å². The maximum absolute atomic E-state index is 10.8. The number of carboxylic acids is 1. The Morgan fingerprint density at radius 2 is 2.47 bits per heavy atom. The highest BCUT2D eigenvalue weighted by atomic mass is 79.9. The monoisotopic (exact) mass is 278 g/mol. The van der Waals surface area contributed by atoms with Crippen molar-refractivity contribution in [3.8, 4) is 0 Å². The third-order valence-corrected chi connectivity index (χ3v) is 2.34. The lowest BCUT2D eigenvalue weighted by Gasteiger charge is -2.15. The van der Waals surface area contributed by atoms with Crippen LogP contribution in [0, 0.1) is 0 Å². The largest absolute Gasteiger partial charge is 0.480 e. The van der Waals surface area contributed by atoms with Crippen molar-refractivity contribution >= 4 is 32.4 Å². The third-order valence-electron chi connectivity index (χ3n) is 1.87. The fourth-order valence-corrected chi connectivity index (χ4v) is 1.69. The number of carbonyl (C=O) groups is 2. The quantitative estimate of drug-likeness (QED) is 0.782. The van der Waals surface area contributed by atoms with Gasteiger partial charge in [-0.15, -0.1) is 0 Å². The zero-order chi connectivity index (χ0) is 11.4. The molecule has 0 fully saturated rings. The van der Waals surface area contributed by atoms with Gasteiger partial charge in [-0.25, -0.2) is 4.79 Å². The highest BCUT2D eigenvalue weighted by molar-refractivity contribution is 9.18. The first-order chi connectivity index (χ1) is 6.99. The minimum Gasteiger partial charge on any atom is -0.480 e. The molecule has 7 heteroatoms. The Labute approximate surface area is 94.8 Å². The van der Waals surface area contributed by atoms with Crippen molar-refractivity contribution in [2.24, 2.45) is 5.16 Å². The van der Waals surface area contributed by atoms with Gasteiger partial charge in [-0.2, -0.15) is 0 Å². The number of aliphatic carboxylic acids is 1. The van der Waals surface area contributed by atoms with Crippen molar-refractivity contribution < 1.29 is 19.5 Å². The van der Waals surface area contributed by atoms with Gasteiger partial charge in [0.1, 0.15) is 16.8 Å². The van der Waals surface area contributed by atoms with Gasteiger partial charge in [0.25, 0.3) is 0 Å². The van der Waals surface area contributed by atoms with Crippen molar-refractivity contribution in [2.75, 3.05) is 0 Å². The van der Waals surface area contributed by atoms with E-state index in [0.29, 0.717) is 11.0 Å². The number of rotatable bonds is 4. The third kappa shape index (κ3) is 3.86. The molecular weight excluding hydrogens is 268 g/mol. The number of hydrogen-bond donors (Lipinski definition) is 2. The molecular formula is C8H11BrN2O4. The number of oxime groups is 1. The number of halogens is 1. The molecule has 84 valence electrons. The zero-order valence-electron chi connectivity index (χ0n) is 8.07. The van der Waals surface area contributed by atoms with Crippen LogP contribution in [-0.4, -0.2) is 33.7 Å². The van der Waals surface area contributed by atoms with Gasteiger partial charge in [0.2, 0.25) is 5.91 Å². The highest BCUT2D eigenvalue weighted by Crippen LogP contribution is 2.18. The Hall–Kier alpha value is -1.11. The van der Waals surface area contributed by atoms with E-state index < -0.39 is 12.0 Å². The van der Waals surface area contributed by atoms with Crippen LogP contribution in [0.15, 0.2) is 5.16 Å². The van der Waals surface area contributed by atoms with Crippen LogP contribution >= 0.6 is 15.9 Å². The van der Waals surface area contributed by atoms with Crippen LogP contribution in [0.3, 0.4) is 0 Å². The Morgan fingerprint density at radius 3 is 2.87 bits per heavy atom. The number of carboxylic acid groups (broad SMARTS) is 1. The van der Waals surface area contributed by atoms with Crippen molar-refractivity contribution in [1.29, 1.82) is 0 Å². The molecule has 15 heavy (non-hydrogen) atoms. The van der Waals surface area contributed by atoms with Gasteiger partial charge < -0.3 is 15.3 Å². The van der Waals surface area contributed by atoms with Crippen LogP contribution in [0.1, 0.15) is 19.8 Å². The SMILES string of the molecule is CC(=O)N[C@H](C[C@@H]1CC(Br)=NO1)C(=O)O. The van der Waals surface area contributed by atoms with Gasteiger partial charge >= 0.3 is 5.97 Å². The molecule has 0 spiro atoms. The predicted molar refractivity (Wildman–Crippen MR) is 55.7 cm³/mol. The molecule has 1 aliphatic heterocycles. The van der Waals surface area contributed by atoms with Crippen LogP contribution in [0.5, 0.6) is 0 Å². The first kappa shape index (κ1) is 12.0. The fraction of sp³-hybridized carbons (Fsp3) is 0.625. The van der Waals surface area contributed by atoms with E-state index in [2.05, 4.69) is 26.4 Å². The number of nitrogens with zero attached hydrogens (tertiary/aromatic N) is 1. The maximum Gasteiger partial charge on any atom is 0.326 e. The van der Waals surface area contributed by atoms with Crippen LogP contribution in [-0.2, 0) is 14.4 Å². The van der Waals surface area contributed by atoms with Gasteiger partial charge in [0, 0.05) is 19.8 Å². The second-order valence-corrected chi connectivity index (χ2v) is 4.14. The average Bonchev–Trinajstić information content (AvgIpc) is 2.49. The number of hydrogen-bond acceptors (Lipinski definition) is 4. The summed E-state index contributed by atoms with van der Waals surface area (Å²) in [4.78, 5) is 26.5. The molecule has 0 aromatic heterocycles. The lowest BCUT2D eigenvalue weighted by atomic mass is 10.1. The molecule has 1 heterocycles. The van der Waals surface area contributed by atoms with Gasteiger partial charge in [-0.3, -0.25) is 4.79 Å². The van der Waals surface area contributed by atoms with E-state index in [-0.39, 0.29) is 18.4 Å². The van der Waals surface area contributed by atoms with E-state index in [9.17, 15) is 9.59 Å². The average molecular weight is 279 g/mol. The normalized spacial score (nSPS) is 21.5. The summed E-state index contributed by atoms with van der Waals surface area (Å²) in [6, 6.07) is -0.930. The molecule has 0 aromatic rings. The van der Waals surface area contributed by atoms with Gasteiger partial charge in [-0.05, 0) is 15.9 Å². The minimum atomic E-state index is -1.07. The zero-order valence-corrected chi connectivity index (χ0v) is 9.65. The lowest BCUT2D eigenvalue weighted by molar-refractivity contribution is -0.142. The van der Waals surface area contributed by atoms with Gasteiger partial charge in [0.05, 0.1) is 0 Å². The molecule has 0 saturated heterocycles. The van der Waals surface area contributed by atoms with Crippen molar-refractivity contribution in [3.05, 3.63) is 0 Å². The molecule has 0 saturated carbocycles. The number of carbonyl (C=O) groups excluding carboxylic acids is 1. The summed E-state index contributed by atoms with van der Waals surface area (Å²) in [7, 11) is 0.